The molecule has 3 heterocycles. The molecule has 8 heteroatoms. The fourth-order valence-electron chi connectivity index (χ4n) is 4.69. The first-order valence-corrected chi connectivity index (χ1v) is 12.2. The summed E-state index contributed by atoms with van der Waals surface area (Å²) in [7, 11) is 0. The Morgan fingerprint density at radius 1 is 0.971 bits per heavy atom. The Bertz CT molecular complexity index is 1020. The predicted molar refractivity (Wildman–Crippen MR) is 123 cm³/mol. The lowest BCUT2D eigenvalue weighted by Crippen LogP contribution is -2.48. The Labute approximate surface area is 199 Å². The zero-order chi connectivity index (χ0) is 23.5. The molecule has 2 aromatic rings. The van der Waals surface area contributed by atoms with E-state index in [4.69, 9.17) is 18.6 Å². The van der Waals surface area contributed by atoms with E-state index in [1.807, 2.05) is 37.3 Å². The van der Waals surface area contributed by atoms with E-state index < -0.39 is 0 Å². The quantitative estimate of drug-likeness (QED) is 0.559. The standard InChI is InChI=1S/C26H32N2O6/c1-18-7-9-22(34-18)15-27(13-19-8-10-23-24(12-19)33-17-32-23)25(29)16-28(14-21-6-3-11-31-21)26(30)20-4-2-5-20/h7-10,12,20-21H,2-6,11,13-17H2,1H3. The maximum Gasteiger partial charge on any atom is 0.242 e. The zero-order valence-electron chi connectivity index (χ0n) is 19.7. The average Bonchev–Trinajstić information content (AvgIpc) is 3.53. The molecule has 2 fully saturated rings. The van der Waals surface area contributed by atoms with Crippen LogP contribution in [0.2, 0.25) is 0 Å². The normalized spacial score (nSPS) is 19.1. The van der Waals surface area contributed by atoms with Gasteiger partial charge in [-0.05, 0) is 62.4 Å². The van der Waals surface area contributed by atoms with Crippen LogP contribution in [0.3, 0.4) is 0 Å². The molecule has 2 aliphatic heterocycles. The summed E-state index contributed by atoms with van der Waals surface area (Å²) < 4.78 is 22.5. The molecule has 0 radical (unpaired) electrons. The minimum atomic E-state index is -0.114. The molecule has 1 unspecified atom stereocenters. The monoisotopic (exact) mass is 468 g/mol. The molecule has 1 aromatic heterocycles. The Morgan fingerprint density at radius 3 is 2.53 bits per heavy atom. The van der Waals surface area contributed by atoms with Crippen molar-refractivity contribution in [2.24, 2.45) is 5.92 Å². The lowest BCUT2D eigenvalue weighted by Gasteiger charge is -2.34. The van der Waals surface area contributed by atoms with Crippen molar-refractivity contribution in [1.82, 2.24) is 9.80 Å². The molecular weight excluding hydrogens is 436 g/mol. The van der Waals surface area contributed by atoms with Crippen LogP contribution in [-0.2, 0) is 27.4 Å². The Morgan fingerprint density at radius 2 is 1.82 bits per heavy atom. The van der Waals surface area contributed by atoms with E-state index >= 15 is 0 Å². The number of furan rings is 1. The summed E-state index contributed by atoms with van der Waals surface area (Å²) in [6.45, 7) is 4.02. The van der Waals surface area contributed by atoms with Crippen LogP contribution >= 0.6 is 0 Å². The fourth-order valence-corrected chi connectivity index (χ4v) is 4.69. The van der Waals surface area contributed by atoms with Crippen LogP contribution in [0, 0.1) is 12.8 Å². The number of hydrogen-bond donors (Lipinski definition) is 0. The van der Waals surface area contributed by atoms with Gasteiger partial charge in [0.05, 0.1) is 19.2 Å². The number of hydrogen-bond acceptors (Lipinski definition) is 6. The van der Waals surface area contributed by atoms with E-state index in [0.717, 1.165) is 50.0 Å². The summed E-state index contributed by atoms with van der Waals surface area (Å²) in [5.74, 6) is 2.89. The second-order valence-electron chi connectivity index (χ2n) is 9.43. The molecule has 1 saturated heterocycles. The van der Waals surface area contributed by atoms with Gasteiger partial charge in [-0.1, -0.05) is 12.5 Å². The summed E-state index contributed by atoms with van der Waals surface area (Å²) >= 11 is 0. The van der Waals surface area contributed by atoms with E-state index in [-0.39, 0.29) is 37.2 Å². The van der Waals surface area contributed by atoms with Gasteiger partial charge in [-0.15, -0.1) is 0 Å². The van der Waals surface area contributed by atoms with Gasteiger partial charge in [0, 0.05) is 25.6 Å². The first-order chi connectivity index (χ1) is 16.5. The van der Waals surface area contributed by atoms with Gasteiger partial charge in [-0.25, -0.2) is 0 Å². The summed E-state index contributed by atoms with van der Waals surface area (Å²) in [4.78, 5) is 30.2. The van der Waals surface area contributed by atoms with Gasteiger partial charge in [0.2, 0.25) is 18.6 Å². The third-order valence-corrected chi connectivity index (χ3v) is 6.85. The molecule has 182 valence electrons. The van der Waals surface area contributed by atoms with Crippen molar-refractivity contribution in [1.29, 1.82) is 0 Å². The zero-order valence-corrected chi connectivity index (χ0v) is 19.7. The number of fused-ring (bicyclic) bond motifs is 1. The highest BCUT2D eigenvalue weighted by Crippen LogP contribution is 2.33. The summed E-state index contributed by atoms with van der Waals surface area (Å²) in [6.07, 6.45) is 4.81. The molecule has 2 amide bonds. The molecular formula is C26H32N2O6. The van der Waals surface area contributed by atoms with Gasteiger partial charge < -0.3 is 28.4 Å². The summed E-state index contributed by atoms with van der Waals surface area (Å²) in [5.41, 5.74) is 0.928. The minimum absolute atomic E-state index is 0.00635. The third-order valence-electron chi connectivity index (χ3n) is 6.85. The highest BCUT2D eigenvalue weighted by atomic mass is 16.7. The molecule has 0 spiro atoms. The van der Waals surface area contributed by atoms with Crippen LogP contribution in [0.4, 0.5) is 0 Å². The fraction of sp³-hybridized carbons (Fsp3) is 0.538. The Kier molecular flexibility index (Phi) is 6.76. The van der Waals surface area contributed by atoms with Crippen molar-refractivity contribution in [3.8, 4) is 11.5 Å². The van der Waals surface area contributed by atoms with Gasteiger partial charge in [-0.2, -0.15) is 0 Å². The Balaban J connectivity index is 1.33. The molecule has 1 aliphatic carbocycles. The number of nitrogens with zero attached hydrogens (tertiary/aromatic N) is 2. The number of carbonyl (C=O) groups excluding carboxylic acids is 2. The second kappa shape index (κ2) is 10.1. The first-order valence-electron chi connectivity index (χ1n) is 12.2. The van der Waals surface area contributed by atoms with Crippen molar-refractivity contribution in [2.75, 3.05) is 26.5 Å². The number of rotatable bonds is 9. The maximum absolute atomic E-state index is 13.6. The van der Waals surface area contributed by atoms with E-state index in [1.54, 1.807) is 9.80 Å². The number of carbonyl (C=O) groups is 2. The third kappa shape index (κ3) is 5.22. The van der Waals surface area contributed by atoms with Gasteiger partial charge in [0.1, 0.15) is 11.5 Å². The number of benzene rings is 1. The molecule has 0 bridgehead atoms. The maximum atomic E-state index is 13.6. The predicted octanol–water partition coefficient (Wildman–Crippen LogP) is 3.65. The molecule has 1 saturated carbocycles. The molecule has 34 heavy (non-hydrogen) atoms. The first kappa shape index (κ1) is 22.8. The van der Waals surface area contributed by atoms with E-state index in [9.17, 15) is 9.59 Å². The largest absolute Gasteiger partial charge is 0.464 e. The van der Waals surface area contributed by atoms with Crippen LogP contribution in [0.15, 0.2) is 34.7 Å². The SMILES string of the molecule is Cc1ccc(CN(Cc2ccc3c(c2)OCO3)C(=O)CN(CC2CCCO2)C(=O)C2CCC2)o1. The number of ether oxygens (including phenoxy) is 3. The van der Waals surface area contributed by atoms with Gasteiger partial charge in [0.15, 0.2) is 11.5 Å². The summed E-state index contributed by atoms with van der Waals surface area (Å²) in [5, 5.41) is 0. The van der Waals surface area contributed by atoms with E-state index in [1.165, 1.54) is 0 Å². The molecule has 1 atom stereocenters. The van der Waals surface area contributed by atoms with Crippen LogP contribution in [0.25, 0.3) is 0 Å². The molecule has 3 aliphatic rings. The molecule has 0 N–H and O–H groups in total. The van der Waals surface area contributed by atoms with Crippen molar-refractivity contribution in [3.05, 3.63) is 47.4 Å². The van der Waals surface area contributed by atoms with Crippen LogP contribution in [-0.4, -0.2) is 54.2 Å². The molecule has 1 aromatic carbocycles. The van der Waals surface area contributed by atoms with Crippen molar-refractivity contribution < 1.29 is 28.2 Å². The number of amides is 2. The second-order valence-corrected chi connectivity index (χ2v) is 9.43. The van der Waals surface area contributed by atoms with Crippen LogP contribution in [0.1, 0.15) is 49.2 Å². The highest BCUT2D eigenvalue weighted by molar-refractivity contribution is 5.86. The average molecular weight is 469 g/mol. The van der Waals surface area contributed by atoms with Gasteiger partial charge in [-0.3, -0.25) is 9.59 Å². The lowest BCUT2D eigenvalue weighted by atomic mass is 9.84. The van der Waals surface area contributed by atoms with Crippen molar-refractivity contribution in [2.45, 2.75) is 58.2 Å². The Hall–Kier alpha value is -3.00. The minimum Gasteiger partial charge on any atom is -0.464 e. The van der Waals surface area contributed by atoms with E-state index in [0.29, 0.717) is 36.9 Å². The van der Waals surface area contributed by atoms with E-state index in [2.05, 4.69) is 0 Å². The lowest BCUT2D eigenvalue weighted by molar-refractivity contribution is -0.146. The van der Waals surface area contributed by atoms with Crippen molar-refractivity contribution >= 4 is 11.8 Å². The van der Waals surface area contributed by atoms with Gasteiger partial charge >= 0.3 is 0 Å². The van der Waals surface area contributed by atoms with Crippen LogP contribution in [0.5, 0.6) is 11.5 Å². The van der Waals surface area contributed by atoms with Gasteiger partial charge in [0.25, 0.3) is 0 Å². The van der Waals surface area contributed by atoms with Crippen LogP contribution < -0.4 is 9.47 Å². The summed E-state index contributed by atoms with van der Waals surface area (Å²) in [6, 6.07) is 9.48. The molecule has 5 rings (SSSR count). The van der Waals surface area contributed by atoms with Crippen molar-refractivity contribution in [3.63, 3.8) is 0 Å². The molecule has 8 nitrogen and oxygen atoms in total. The number of aryl methyl sites for hydroxylation is 1. The topological polar surface area (TPSA) is 81.5 Å². The highest BCUT2D eigenvalue weighted by Gasteiger charge is 2.33. The smallest absolute Gasteiger partial charge is 0.242 e.